The van der Waals surface area contributed by atoms with Crippen molar-refractivity contribution in [1.82, 2.24) is 5.32 Å². The number of hydrogen-bond acceptors (Lipinski definition) is 5. The van der Waals surface area contributed by atoms with Crippen molar-refractivity contribution in [1.29, 1.82) is 0 Å². The molecule has 0 saturated heterocycles. The van der Waals surface area contributed by atoms with Gasteiger partial charge in [0.05, 0.1) is 41.1 Å². The summed E-state index contributed by atoms with van der Waals surface area (Å²) in [5.41, 5.74) is 1.82. The van der Waals surface area contributed by atoms with E-state index in [1.54, 1.807) is 60.7 Å². The summed E-state index contributed by atoms with van der Waals surface area (Å²) >= 11 is 0. The molecule has 222 valence electrons. The minimum atomic E-state index is -4.11. The summed E-state index contributed by atoms with van der Waals surface area (Å²) in [6.45, 7) is -0.000122. The zero-order chi connectivity index (χ0) is 30.2. The summed E-state index contributed by atoms with van der Waals surface area (Å²) in [7, 11) is -2.60. The fraction of sp³-hybridized carbons (Fsp3) is 0.235. The molecule has 43 heavy (non-hydrogen) atoms. The third-order valence-electron chi connectivity index (χ3n) is 7.59. The molecule has 1 saturated carbocycles. The highest BCUT2D eigenvalue weighted by molar-refractivity contribution is 7.92. The first-order valence-corrected chi connectivity index (χ1v) is 15.8. The topological polar surface area (TPSA) is 105 Å². The number of nitrogens with zero attached hydrogens (tertiary/aromatic N) is 1. The van der Waals surface area contributed by atoms with Crippen LogP contribution in [0.1, 0.15) is 58.4 Å². The third kappa shape index (κ3) is 7.06. The lowest BCUT2D eigenvalue weighted by molar-refractivity contribution is 0.0928. The fourth-order valence-corrected chi connectivity index (χ4v) is 6.77. The van der Waals surface area contributed by atoms with Gasteiger partial charge in [-0.15, -0.1) is 0 Å². The lowest BCUT2D eigenvalue weighted by atomic mass is 9.95. The van der Waals surface area contributed by atoms with E-state index < -0.39 is 15.9 Å². The second-order valence-corrected chi connectivity index (χ2v) is 12.4. The molecule has 4 aromatic rings. The molecule has 0 heterocycles. The molecule has 0 atom stereocenters. The molecule has 8 nitrogen and oxygen atoms in total. The van der Waals surface area contributed by atoms with Gasteiger partial charge in [-0.05, 0) is 66.9 Å². The normalized spacial score (nSPS) is 13.6. The Hall–Kier alpha value is -4.63. The number of para-hydroxylation sites is 2. The Morgan fingerprint density at radius 1 is 0.767 bits per heavy atom. The van der Waals surface area contributed by atoms with Crippen LogP contribution < -0.4 is 19.7 Å². The average Bonchev–Trinajstić information content (AvgIpc) is 3.04. The first-order valence-electron chi connectivity index (χ1n) is 14.4. The molecule has 0 aliphatic heterocycles. The molecule has 1 aliphatic rings. The second-order valence-electron chi connectivity index (χ2n) is 10.5. The number of sulfonamides is 1. The molecule has 0 radical (unpaired) electrons. The van der Waals surface area contributed by atoms with Gasteiger partial charge in [0.1, 0.15) is 5.75 Å². The number of rotatable bonds is 10. The van der Waals surface area contributed by atoms with E-state index in [0.29, 0.717) is 17.0 Å². The maximum absolute atomic E-state index is 14.1. The van der Waals surface area contributed by atoms with Crippen LogP contribution in [0, 0.1) is 0 Å². The van der Waals surface area contributed by atoms with Gasteiger partial charge in [-0.25, -0.2) is 8.42 Å². The molecule has 0 aromatic heterocycles. The molecule has 9 heteroatoms. The quantitative estimate of drug-likeness (QED) is 0.220. The van der Waals surface area contributed by atoms with Crippen LogP contribution in [0.15, 0.2) is 108 Å². The molecule has 2 amide bonds. The number of anilines is 2. The van der Waals surface area contributed by atoms with Crippen LogP contribution in [0.4, 0.5) is 11.4 Å². The predicted octanol–water partition coefficient (Wildman–Crippen LogP) is 6.41. The average molecular weight is 598 g/mol. The van der Waals surface area contributed by atoms with Gasteiger partial charge >= 0.3 is 0 Å². The standard InChI is InChI=1S/C34H35N3O5S/c1-42-27-20-22-28(23-21-27)43(40,41)37(24-25-12-4-2-5-13-25)32-19-11-9-17-30(32)34(39)36-31-18-10-8-16-29(31)33(38)35-26-14-6-3-7-15-26/h2,4-5,8-13,16-23,26H,3,6-7,14-15,24H2,1H3,(H,35,38)(H,36,39). The van der Waals surface area contributed by atoms with Gasteiger partial charge in [0, 0.05) is 6.04 Å². The van der Waals surface area contributed by atoms with Gasteiger partial charge in [-0.3, -0.25) is 13.9 Å². The molecule has 0 unspecified atom stereocenters. The van der Waals surface area contributed by atoms with Gasteiger partial charge in [-0.2, -0.15) is 0 Å². The van der Waals surface area contributed by atoms with E-state index in [-0.39, 0.29) is 34.6 Å². The first kappa shape index (κ1) is 29.8. The SMILES string of the molecule is COc1ccc(S(=O)(=O)N(Cc2ccccc2)c2ccccc2C(=O)Nc2ccccc2C(=O)NC2CCCCC2)cc1. The van der Waals surface area contributed by atoms with E-state index in [2.05, 4.69) is 10.6 Å². The van der Waals surface area contributed by atoms with Crippen molar-refractivity contribution >= 4 is 33.2 Å². The monoisotopic (exact) mass is 597 g/mol. The van der Waals surface area contributed by atoms with Crippen molar-refractivity contribution in [3.05, 3.63) is 120 Å². The summed E-state index contributed by atoms with van der Waals surface area (Å²) in [5.74, 6) is -0.250. The minimum Gasteiger partial charge on any atom is -0.497 e. The maximum Gasteiger partial charge on any atom is 0.264 e. The van der Waals surface area contributed by atoms with E-state index in [4.69, 9.17) is 4.74 Å². The summed E-state index contributed by atoms with van der Waals surface area (Å²) in [4.78, 5) is 27.1. The molecule has 0 bridgehead atoms. The lowest BCUT2D eigenvalue weighted by Crippen LogP contribution is -2.36. The van der Waals surface area contributed by atoms with Crippen LogP contribution in [0.5, 0.6) is 5.75 Å². The highest BCUT2D eigenvalue weighted by atomic mass is 32.2. The Balaban J connectivity index is 1.48. The van der Waals surface area contributed by atoms with E-state index in [1.807, 2.05) is 30.3 Å². The van der Waals surface area contributed by atoms with Gasteiger partial charge in [0.2, 0.25) is 0 Å². The van der Waals surface area contributed by atoms with Crippen LogP contribution in [0.3, 0.4) is 0 Å². The zero-order valence-corrected chi connectivity index (χ0v) is 24.8. The molecule has 1 fully saturated rings. The number of amides is 2. The number of nitrogens with one attached hydrogen (secondary N) is 2. The van der Waals surface area contributed by atoms with Crippen molar-refractivity contribution in [3.8, 4) is 5.75 Å². The van der Waals surface area contributed by atoms with E-state index >= 15 is 0 Å². The van der Waals surface area contributed by atoms with Crippen molar-refractivity contribution < 1.29 is 22.7 Å². The number of carbonyl (C=O) groups is 2. The minimum absolute atomic E-state index is 0.000122. The highest BCUT2D eigenvalue weighted by Gasteiger charge is 2.29. The lowest BCUT2D eigenvalue weighted by Gasteiger charge is -2.27. The van der Waals surface area contributed by atoms with Crippen molar-refractivity contribution in [2.75, 3.05) is 16.7 Å². The van der Waals surface area contributed by atoms with Crippen LogP contribution in [-0.2, 0) is 16.6 Å². The molecule has 1 aliphatic carbocycles. The molecule has 4 aromatic carbocycles. The van der Waals surface area contributed by atoms with Crippen molar-refractivity contribution in [2.24, 2.45) is 0 Å². The van der Waals surface area contributed by atoms with Crippen LogP contribution in [0.2, 0.25) is 0 Å². The highest BCUT2D eigenvalue weighted by Crippen LogP contribution is 2.31. The Labute approximate surface area is 252 Å². The third-order valence-corrected chi connectivity index (χ3v) is 9.37. The summed E-state index contributed by atoms with van der Waals surface area (Å²) in [6.07, 6.45) is 5.22. The van der Waals surface area contributed by atoms with Gasteiger partial charge in [0.25, 0.3) is 21.8 Å². The van der Waals surface area contributed by atoms with Gasteiger partial charge < -0.3 is 15.4 Å². The summed E-state index contributed by atoms with van der Waals surface area (Å²) in [6, 6.07) is 28.9. The first-order chi connectivity index (χ1) is 20.9. The molecule has 2 N–H and O–H groups in total. The number of ether oxygens (including phenoxy) is 1. The Morgan fingerprint density at radius 3 is 2.09 bits per heavy atom. The largest absolute Gasteiger partial charge is 0.497 e. The van der Waals surface area contributed by atoms with Gasteiger partial charge in [0.15, 0.2) is 0 Å². The number of methoxy groups -OCH3 is 1. The summed E-state index contributed by atoms with van der Waals surface area (Å²) < 4.78 is 34.7. The molecule has 5 rings (SSSR count). The molecular formula is C34H35N3O5S. The van der Waals surface area contributed by atoms with Crippen LogP contribution in [0.25, 0.3) is 0 Å². The van der Waals surface area contributed by atoms with Gasteiger partial charge in [-0.1, -0.05) is 73.9 Å². The Morgan fingerprint density at radius 2 is 1.40 bits per heavy atom. The van der Waals surface area contributed by atoms with E-state index in [1.165, 1.54) is 30.0 Å². The Bertz CT molecular complexity index is 1670. The van der Waals surface area contributed by atoms with E-state index in [0.717, 1.165) is 31.2 Å². The Kier molecular flexibility index (Phi) is 9.41. The van der Waals surface area contributed by atoms with Crippen molar-refractivity contribution in [3.63, 3.8) is 0 Å². The number of carbonyl (C=O) groups excluding carboxylic acids is 2. The number of benzene rings is 4. The molecule has 0 spiro atoms. The predicted molar refractivity (Wildman–Crippen MR) is 168 cm³/mol. The van der Waals surface area contributed by atoms with Crippen LogP contribution in [-0.4, -0.2) is 33.4 Å². The number of hydrogen-bond donors (Lipinski definition) is 2. The molecular weight excluding hydrogens is 562 g/mol. The summed E-state index contributed by atoms with van der Waals surface area (Å²) in [5, 5.41) is 5.98. The van der Waals surface area contributed by atoms with E-state index in [9.17, 15) is 18.0 Å². The van der Waals surface area contributed by atoms with Crippen molar-refractivity contribution in [2.45, 2.75) is 49.6 Å². The zero-order valence-electron chi connectivity index (χ0n) is 24.0. The smallest absolute Gasteiger partial charge is 0.264 e. The van der Waals surface area contributed by atoms with Crippen LogP contribution >= 0.6 is 0 Å². The second kappa shape index (κ2) is 13.6. The fourth-order valence-electron chi connectivity index (χ4n) is 5.30. The maximum atomic E-state index is 14.1.